The lowest BCUT2D eigenvalue weighted by Crippen LogP contribution is -2.33. The Morgan fingerprint density at radius 2 is 1.83 bits per heavy atom. The maximum absolute atomic E-state index is 12.3. The van der Waals surface area contributed by atoms with Gasteiger partial charge >= 0.3 is 6.36 Å². The van der Waals surface area contributed by atoms with E-state index in [1.54, 1.807) is 33.8 Å². The third-order valence-electron chi connectivity index (χ3n) is 3.40. The van der Waals surface area contributed by atoms with Crippen molar-refractivity contribution in [3.8, 4) is 5.75 Å². The van der Waals surface area contributed by atoms with Crippen LogP contribution in [0.4, 0.5) is 13.2 Å². The van der Waals surface area contributed by atoms with Crippen molar-refractivity contribution in [2.75, 3.05) is 0 Å². The minimum atomic E-state index is -4.78. The molecule has 1 atom stereocenters. The summed E-state index contributed by atoms with van der Waals surface area (Å²) in [6.07, 6.45) is -4.58. The standard InChI is InChI=1S/C17H22F3NO3/c1-5-13(21-15(23)10-14(22)16(2,3)4)11-7-6-8-12(9-11)24-17(18,19)20/h6-9,13H,5,10H2,1-4H3,(H,21,23). The van der Waals surface area contributed by atoms with Crippen LogP contribution in [0.2, 0.25) is 0 Å². The summed E-state index contributed by atoms with van der Waals surface area (Å²) in [4.78, 5) is 23.9. The monoisotopic (exact) mass is 345 g/mol. The smallest absolute Gasteiger partial charge is 0.406 e. The van der Waals surface area contributed by atoms with E-state index in [1.165, 1.54) is 18.2 Å². The predicted octanol–water partition coefficient (Wildman–Crippen LogP) is 4.16. The van der Waals surface area contributed by atoms with Crippen LogP contribution in [0.15, 0.2) is 24.3 Å². The molecule has 4 nitrogen and oxygen atoms in total. The molecule has 0 bridgehead atoms. The summed E-state index contributed by atoms with van der Waals surface area (Å²) in [6, 6.07) is 4.94. The van der Waals surface area contributed by atoms with Crippen LogP contribution in [0, 0.1) is 5.41 Å². The number of Topliss-reactive ketones (excluding diaryl/α,β-unsaturated/α-hetero) is 1. The molecular formula is C17H22F3NO3. The molecule has 1 amide bonds. The summed E-state index contributed by atoms with van der Waals surface area (Å²) in [5, 5.41) is 2.68. The van der Waals surface area contributed by atoms with Gasteiger partial charge in [-0.1, -0.05) is 39.8 Å². The average molecular weight is 345 g/mol. The number of amides is 1. The van der Waals surface area contributed by atoms with Gasteiger partial charge < -0.3 is 10.1 Å². The van der Waals surface area contributed by atoms with E-state index in [0.717, 1.165) is 0 Å². The third kappa shape index (κ3) is 6.60. The highest BCUT2D eigenvalue weighted by molar-refractivity contribution is 6.00. The molecule has 0 saturated carbocycles. The van der Waals surface area contributed by atoms with Crippen LogP contribution < -0.4 is 10.1 Å². The van der Waals surface area contributed by atoms with Gasteiger partial charge in [0.2, 0.25) is 5.91 Å². The first kappa shape index (κ1) is 20.0. The maximum Gasteiger partial charge on any atom is 0.573 e. The van der Waals surface area contributed by atoms with E-state index in [4.69, 9.17) is 0 Å². The summed E-state index contributed by atoms with van der Waals surface area (Å²) in [5.74, 6) is -1.01. The fourth-order valence-corrected chi connectivity index (χ4v) is 2.01. The lowest BCUT2D eigenvalue weighted by molar-refractivity contribution is -0.274. The molecule has 0 heterocycles. The molecule has 0 aliphatic heterocycles. The van der Waals surface area contributed by atoms with Gasteiger partial charge in [0, 0.05) is 5.41 Å². The number of halogens is 3. The summed E-state index contributed by atoms with van der Waals surface area (Å²) in [7, 11) is 0. The van der Waals surface area contributed by atoms with Crippen LogP contribution in [0.5, 0.6) is 5.75 Å². The molecule has 0 spiro atoms. The number of nitrogens with one attached hydrogen (secondary N) is 1. The molecule has 134 valence electrons. The van der Waals surface area contributed by atoms with Gasteiger partial charge in [0.1, 0.15) is 11.5 Å². The molecule has 7 heteroatoms. The Hall–Kier alpha value is -2.05. The van der Waals surface area contributed by atoms with Crippen molar-refractivity contribution in [3.63, 3.8) is 0 Å². The fourth-order valence-electron chi connectivity index (χ4n) is 2.01. The second kappa shape index (κ2) is 7.68. The third-order valence-corrected chi connectivity index (χ3v) is 3.40. The summed E-state index contributed by atoms with van der Waals surface area (Å²) < 4.78 is 40.8. The highest BCUT2D eigenvalue weighted by atomic mass is 19.4. The van der Waals surface area contributed by atoms with Crippen LogP contribution in [-0.2, 0) is 9.59 Å². The minimum Gasteiger partial charge on any atom is -0.406 e. The van der Waals surface area contributed by atoms with Gasteiger partial charge in [0.05, 0.1) is 12.5 Å². The van der Waals surface area contributed by atoms with Crippen molar-refractivity contribution in [1.29, 1.82) is 0 Å². The normalized spacial score (nSPS) is 13.3. The first-order valence-electron chi connectivity index (χ1n) is 7.60. The van der Waals surface area contributed by atoms with E-state index >= 15 is 0 Å². The molecule has 0 fully saturated rings. The molecule has 0 aromatic heterocycles. The Balaban J connectivity index is 2.81. The molecule has 0 saturated heterocycles. The van der Waals surface area contributed by atoms with Gasteiger partial charge in [0.25, 0.3) is 0 Å². The Morgan fingerprint density at radius 3 is 2.33 bits per heavy atom. The number of ether oxygens (including phenoxy) is 1. The Morgan fingerprint density at radius 1 is 1.21 bits per heavy atom. The predicted molar refractivity (Wildman–Crippen MR) is 83.4 cm³/mol. The lowest BCUT2D eigenvalue weighted by atomic mass is 9.89. The van der Waals surface area contributed by atoms with Crippen molar-refractivity contribution >= 4 is 11.7 Å². The number of carbonyl (C=O) groups is 2. The topological polar surface area (TPSA) is 55.4 Å². The summed E-state index contributed by atoms with van der Waals surface area (Å²) in [6.45, 7) is 6.95. The van der Waals surface area contributed by atoms with E-state index in [1.807, 2.05) is 0 Å². The number of hydrogen-bond acceptors (Lipinski definition) is 3. The Bertz CT molecular complexity index is 591. The van der Waals surface area contributed by atoms with Gasteiger partial charge in [-0.25, -0.2) is 0 Å². The molecule has 1 aromatic carbocycles. The van der Waals surface area contributed by atoms with Crippen LogP contribution in [0.1, 0.15) is 52.1 Å². The zero-order chi connectivity index (χ0) is 18.5. The van der Waals surface area contributed by atoms with E-state index in [9.17, 15) is 22.8 Å². The van der Waals surface area contributed by atoms with Gasteiger partial charge in [-0.05, 0) is 24.1 Å². The Labute approximate surface area is 139 Å². The van der Waals surface area contributed by atoms with Crippen LogP contribution in [0.3, 0.4) is 0 Å². The molecule has 1 N–H and O–H groups in total. The second-order valence-electron chi connectivity index (χ2n) is 6.50. The highest BCUT2D eigenvalue weighted by Gasteiger charge is 2.31. The number of carbonyl (C=O) groups excluding carboxylic acids is 2. The molecule has 0 aliphatic rings. The van der Waals surface area contributed by atoms with E-state index in [2.05, 4.69) is 10.1 Å². The van der Waals surface area contributed by atoms with Crippen molar-refractivity contribution in [3.05, 3.63) is 29.8 Å². The fraction of sp³-hybridized carbons (Fsp3) is 0.529. The zero-order valence-electron chi connectivity index (χ0n) is 14.2. The van der Waals surface area contributed by atoms with Gasteiger partial charge in [0.15, 0.2) is 0 Å². The first-order chi connectivity index (χ1) is 10.9. The summed E-state index contributed by atoms with van der Waals surface area (Å²) in [5.41, 5.74) is -0.143. The van der Waals surface area contributed by atoms with Gasteiger partial charge in [-0.2, -0.15) is 0 Å². The summed E-state index contributed by atoms with van der Waals surface area (Å²) >= 11 is 0. The molecule has 1 rings (SSSR count). The largest absolute Gasteiger partial charge is 0.573 e. The molecular weight excluding hydrogens is 323 g/mol. The van der Waals surface area contributed by atoms with Crippen molar-refractivity contribution in [2.24, 2.45) is 5.41 Å². The van der Waals surface area contributed by atoms with E-state index < -0.39 is 23.7 Å². The number of alkyl halides is 3. The number of ketones is 1. The van der Waals surface area contributed by atoms with Gasteiger partial charge in [-0.15, -0.1) is 13.2 Å². The van der Waals surface area contributed by atoms with E-state index in [-0.39, 0.29) is 18.0 Å². The average Bonchev–Trinajstić information content (AvgIpc) is 2.42. The SMILES string of the molecule is CCC(NC(=O)CC(=O)C(C)(C)C)c1cccc(OC(F)(F)F)c1. The van der Waals surface area contributed by atoms with Crippen molar-refractivity contribution < 1.29 is 27.5 Å². The quantitative estimate of drug-likeness (QED) is 0.788. The van der Waals surface area contributed by atoms with Crippen molar-refractivity contribution in [2.45, 2.75) is 52.9 Å². The van der Waals surface area contributed by atoms with E-state index in [0.29, 0.717) is 12.0 Å². The second-order valence-corrected chi connectivity index (χ2v) is 6.50. The van der Waals surface area contributed by atoms with Crippen LogP contribution in [-0.4, -0.2) is 18.1 Å². The number of benzene rings is 1. The molecule has 1 unspecified atom stereocenters. The molecule has 24 heavy (non-hydrogen) atoms. The maximum atomic E-state index is 12.3. The van der Waals surface area contributed by atoms with Crippen LogP contribution in [0.25, 0.3) is 0 Å². The van der Waals surface area contributed by atoms with Crippen LogP contribution >= 0.6 is 0 Å². The molecule has 0 radical (unpaired) electrons. The van der Waals surface area contributed by atoms with Crippen molar-refractivity contribution in [1.82, 2.24) is 5.32 Å². The highest BCUT2D eigenvalue weighted by Crippen LogP contribution is 2.27. The first-order valence-corrected chi connectivity index (χ1v) is 7.60. The Kier molecular flexibility index (Phi) is 6.40. The minimum absolute atomic E-state index is 0.205. The molecule has 1 aromatic rings. The zero-order valence-corrected chi connectivity index (χ0v) is 14.2. The van der Waals surface area contributed by atoms with Gasteiger partial charge in [-0.3, -0.25) is 9.59 Å². The number of rotatable bonds is 6. The molecule has 0 aliphatic carbocycles. The lowest BCUT2D eigenvalue weighted by Gasteiger charge is -2.20. The number of hydrogen-bond donors (Lipinski definition) is 1.